The van der Waals surface area contributed by atoms with Crippen LogP contribution in [0.5, 0.6) is 0 Å². The van der Waals surface area contributed by atoms with Crippen molar-refractivity contribution in [2.75, 3.05) is 0 Å². The topological polar surface area (TPSA) is 67.9 Å². The normalized spacial score (nSPS) is 30.0. The van der Waals surface area contributed by atoms with Crippen LogP contribution in [0, 0.1) is 0 Å². The van der Waals surface area contributed by atoms with E-state index in [0.29, 0.717) is 0 Å². The first-order chi connectivity index (χ1) is 9.80. The molecule has 2 heterocycles. The van der Waals surface area contributed by atoms with Gasteiger partial charge in [0.05, 0.1) is 10.5 Å². The molecule has 2 bridgehead atoms. The molecule has 0 saturated carbocycles. The lowest BCUT2D eigenvalue weighted by Gasteiger charge is -2.38. The second kappa shape index (κ2) is 6.38. The van der Waals surface area contributed by atoms with Gasteiger partial charge in [0.1, 0.15) is 5.60 Å². The summed E-state index contributed by atoms with van der Waals surface area (Å²) in [5.41, 5.74) is 4.96. The number of ether oxygens (including phenoxy) is 1. The van der Waals surface area contributed by atoms with Gasteiger partial charge in [-0.2, -0.15) is 0 Å². The fourth-order valence-corrected chi connectivity index (χ4v) is 3.22. The van der Waals surface area contributed by atoms with E-state index >= 15 is 0 Å². The lowest BCUT2D eigenvalue weighted by molar-refractivity contribution is 0.00629. The lowest BCUT2D eigenvalue weighted by atomic mass is 9.98. The molecule has 0 spiro atoms. The summed E-state index contributed by atoms with van der Waals surface area (Å²) < 4.78 is 6.31. The zero-order valence-electron chi connectivity index (χ0n) is 12.9. The molecule has 2 N–H and O–H groups in total. The summed E-state index contributed by atoms with van der Waals surface area (Å²) in [4.78, 5) is 18.8. The molecule has 0 aromatic carbocycles. The number of hydrogen-bond donors (Lipinski definition) is 1. The maximum Gasteiger partial charge on any atom is 0.410 e. The minimum atomic E-state index is -0.442. The minimum Gasteiger partial charge on any atom is -0.444 e. The Balaban J connectivity index is 1.99. The Hall–Kier alpha value is -1.04. The molecule has 0 aromatic rings. The number of hydrogen-bond acceptors (Lipinski definition) is 4. The highest BCUT2D eigenvalue weighted by Gasteiger charge is 2.44. The van der Waals surface area contributed by atoms with Crippen molar-refractivity contribution in [3.8, 4) is 0 Å². The molecule has 2 unspecified atom stereocenters. The van der Waals surface area contributed by atoms with Gasteiger partial charge in [-0.15, -0.1) is 0 Å². The van der Waals surface area contributed by atoms with Crippen molar-refractivity contribution >= 4 is 28.2 Å². The standard InChI is InChI=1S/C15H24BrN3O2/c1-15(2,3)21-14(20)19-12-4-5-13(19)7-11(6-12)18-9-10(16)8-17/h8-9,11-13H,4-7,17H2,1-3H3/b10-8+,18-9?. The van der Waals surface area contributed by atoms with Crippen LogP contribution in [0.4, 0.5) is 4.79 Å². The number of rotatable bonds is 2. The Bertz CT molecular complexity index is 442. The van der Waals surface area contributed by atoms with Crippen LogP contribution in [0.2, 0.25) is 0 Å². The van der Waals surface area contributed by atoms with Crippen molar-refractivity contribution in [1.82, 2.24) is 4.90 Å². The fourth-order valence-electron chi connectivity index (χ4n) is 3.10. The van der Waals surface area contributed by atoms with Gasteiger partial charge < -0.3 is 15.4 Å². The van der Waals surface area contributed by atoms with Crippen molar-refractivity contribution in [3.63, 3.8) is 0 Å². The van der Waals surface area contributed by atoms with Crippen molar-refractivity contribution in [3.05, 3.63) is 10.7 Å². The molecule has 2 atom stereocenters. The second-order valence-electron chi connectivity index (χ2n) is 6.73. The number of fused-ring (bicyclic) bond motifs is 2. The molecule has 0 radical (unpaired) electrons. The van der Waals surface area contributed by atoms with Crippen LogP contribution < -0.4 is 5.73 Å². The lowest BCUT2D eigenvalue weighted by Crippen LogP contribution is -2.49. The van der Waals surface area contributed by atoms with Crippen LogP contribution in [0.1, 0.15) is 46.5 Å². The average molecular weight is 358 g/mol. The molecule has 6 heteroatoms. The maximum absolute atomic E-state index is 12.3. The van der Waals surface area contributed by atoms with Gasteiger partial charge in [-0.25, -0.2) is 4.79 Å². The van der Waals surface area contributed by atoms with Crippen molar-refractivity contribution in [1.29, 1.82) is 0 Å². The largest absolute Gasteiger partial charge is 0.444 e. The van der Waals surface area contributed by atoms with E-state index in [1.807, 2.05) is 25.7 Å². The predicted octanol–water partition coefficient (Wildman–Crippen LogP) is 3.18. The number of allylic oxidation sites excluding steroid dienone is 1. The molecule has 2 aliphatic rings. The molecule has 2 aliphatic heterocycles. The molecule has 1 amide bonds. The van der Waals surface area contributed by atoms with Gasteiger partial charge in [0.15, 0.2) is 0 Å². The number of nitrogens with zero attached hydrogens (tertiary/aromatic N) is 2. The van der Waals surface area contributed by atoms with Gasteiger partial charge in [-0.05, 0) is 62.4 Å². The first kappa shape index (κ1) is 16.3. The molecule has 21 heavy (non-hydrogen) atoms. The summed E-state index contributed by atoms with van der Waals surface area (Å²) in [5, 5.41) is 0. The Labute approximate surface area is 134 Å². The molecule has 2 rings (SSSR count). The molecular weight excluding hydrogens is 334 g/mol. The van der Waals surface area contributed by atoms with E-state index in [2.05, 4.69) is 20.9 Å². The second-order valence-corrected chi connectivity index (χ2v) is 7.64. The first-order valence-electron chi connectivity index (χ1n) is 7.42. The van der Waals surface area contributed by atoms with Crippen LogP contribution >= 0.6 is 15.9 Å². The Morgan fingerprint density at radius 3 is 2.38 bits per heavy atom. The number of halogens is 1. The number of piperidine rings is 1. The van der Waals surface area contributed by atoms with Gasteiger partial charge in [0, 0.05) is 24.5 Å². The van der Waals surface area contributed by atoms with Gasteiger partial charge in [0.25, 0.3) is 0 Å². The van der Waals surface area contributed by atoms with E-state index < -0.39 is 5.60 Å². The maximum atomic E-state index is 12.3. The van der Waals surface area contributed by atoms with Crippen LogP contribution in [0.15, 0.2) is 15.7 Å². The zero-order valence-corrected chi connectivity index (χ0v) is 14.5. The fraction of sp³-hybridized carbons (Fsp3) is 0.733. The zero-order chi connectivity index (χ0) is 15.6. The van der Waals surface area contributed by atoms with E-state index in [1.54, 1.807) is 6.21 Å². The highest BCUT2D eigenvalue weighted by molar-refractivity contribution is 9.12. The third-order valence-electron chi connectivity index (χ3n) is 3.88. The smallest absolute Gasteiger partial charge is 0.410 e. The first-order valence-corrected chi connectivity index (χ1v) is 8.21. The average Bonchev–Trinajstić information content (AvgIpc) is 2.65. The van der Waals surface area contributed by atoms with Gasteiger partial charge >= 0.3 is 6.09 Å². The number of carbonyl (C=O) groups excluding carboxylic acids is 1. The van der Waals surface area contributed by atoms with Crippen LogP contribution in [-0.4, -0.2) is 40.9 Å². The number of carbonyl (C=O) groups is 1. The number of amides is 1. The van der Waals surface area contributed by atoms with Crippen molar-refractivity contribution < 1.29 is 9.53 Å². The summed E-state index contributed by atoms with van der Waals surface area (Å²) in [6.45, 7) is 5.71. The Morgan fingerprint density at radius 2 is 1.90 bits per heavy atom. The monoisotopic (exact) mass is 357 g/mol. The third kappa shape index (κ3) is 4.22. The third-order valence-corrected chi connectivity index (χ3v) is 4.35. The van der Waals surface area contributed by atoms with Crippen molar-refractivity contribution in [2.45, 2.75) is 70.2 Å². The van der Waals surface area contributed by atoms with E-state index in [0.717, 1.165) is 30.2 Å². The summed E-state index contributed by atoms with van der Waals surface area (Å²) in [6, 6.07) is 0.761. The van der Waals surface area contributed by atoms with Gasteiger partial charge in [-0.1, -0.05) is 0 Å². The van der Waals surface area contributed by atoms with E-state index in [-0.39, 0.29) is 24.2 Å². The Morgan fingerprint density at radius 1 is 1.33 bits per heavy atom. The molecule has 5 nitrogen and oxygen atoms in total. The molecule has 0 aliphatic carbocycles. The van der Waals surface area contributed by atoms with Crippen LogP contribution in [0.3, 0.4) is 0 Å². The molecule has 118 valence electrons. The molecule has 2 fully saturated rings. The molecule has 2 saturated heterocycles. The van der Waals surface area contributed by atoms with E-state index in [9.17, 15) is 4.79 Å². The molecule has 0 aromatic heterocycles. The highest BCUT2D eigenvalue weighted by atomic mass is 79.9. The highest BCUT2D eigenvalue weighted by Crippen LogP contribution is 2.37. The minimum absolute atomic E-state index is 0.180. The van der Waals surface area contributed by atoms with Gasteiger partial charge in [-0.3, -0.25) is 4.99 Å². The summed E-state index contributed by atoms with van der Waals surface area (Å²) in [5.74, 6) is 0. The summed E-state index contributed by atoms with van der Waals surface area (Å²) in [7, 11) is 0. The summed E-state index contributed by atoms with van der Waals surface area (Å²) in [6.07, 6.45) is 6.95. The van der Waals surface area contributed by atoms with Crippen molar-refractivity contribution in [2.24, 2.45) is 10.7 Å². The van der Waals surface area contributed by atoms with E-state index in [1.165, 1.54) is 6.20 Å². The van der Waals surface area contributed by atoms with E-state index in [4.69, 9.17) is 10.5 Å². The SMILES string of the molecule is CC(C)(C)OC(=O)N1C2CCC1CC(N=C/C(Br)=C\N)C2. The summed E-state index contributed by atoms with van der Waals surface area (Å²) >= 11 is 3.32. The number of nitrogens with two attached hydrogens (primary N) is 1. The molecular formula is C15H24BrN3O2. The van der Waals surface area contributed by atoms with Crippen LogP contribution in [-0.2, 0) is 4.74 Å². The predicted molar refractivity (Wildman–Crippen MR) is 87.6 cm³/mol. The van der Waals surface area contributed by atoms with Crippen LogP contribution in [0.25, 0.3) is 0 Å². The Kier molecular flexibility index (Phi) is 4.96. The quantitative estimate of drug-likeness (QED) is 0.771. The van der Waals surface area contributed by atoms with Gasteiger partial charge in [0.2, 0.25) is 0 Å². The number of aliphatic imine (C=N–C) groups is 1.